The number of sulfonamides is 1. The zero-order valence-corrected chi connectivity index (χ0v) is 20.9. The van der Waals surface area contributed by atoms with Gasteiger partial charge in [0.2, 0.25) is 5.91 Å². The van der Waals surface area contributed by atoms with E-state index in [9.17, 15) is 13.2 Å². The smallest absolute Gasteiger partial charge is 0.264 e. The summed E-state index contributed by atoms with van der Waals surface area (Å²) in [7, 11) is -3.95. The van der Waals surface area contributed by atoms with Crippen molar-refractivity contribution in [2.24, 2.45) is 0 Å². The first-order valence-electron chi connectivity index (χ1n) is 11.8. The quantitative estimate of drug-likeness (QED) is 0.476. The lowest BCUT2D eigenvalue weighted by atomic mass is 10.2. The molecule has 3 aromatic rings. The molecule has 4 rings (SSSR count). The normalized spacial score (nSPS) is 14.0. The highest BCUT2D eigenvalue weighted by Gasteiger charge is 2.30. The summed E-state index contributed by atoms with van der Waals surface area (Å²) in [5, 5.41) is 0. The van der Waals surface area contributed by atoms with Gasteiger partial charge in [-0.25, -0.2) is 8.42 Å². The van der Waals surface area contributed by atoms with E-state index in [1.165, 1.54) is 4.31 Å². The molecule has 0 radical (unpaired) electrons. The fraction of sp³-hybridized carbons (Fsp3) is 0.296. The molecule has 0 bridgehead atoms. The highest BCUT2D eigenvalue weighted by Crippen LogP contribution is 2.26. The van der Waals surface area contributed by atoms with Gasteiger partial charge in [0, 0.05) is 31.9 Å². The van der Waals surface area contributed by atoms with Crippen LogP contribution in [-0.4, -0.2) is 58.6 Å². The van der Waals surface area contributed by atoms with Gasteiger partial charge in [-0.1, -0.05) is 35.9 Å². The van der Waals surface area contributed by atoms with E-state index in [0.29, 0.717) is 44.2 Å². The topological polar surface area (TPSA) is 70.2 Å². The van der Waals surface area contributed by atoms with Crippen LogP contribution in [0.1, 0.15) is 12.5 Å². The Morgan fingerprint density at radius 1 is 0.886 bits per heavy atom. The Labute approximate surface area is 207 Å². The number of nitrogens with zero attached hydrogens (tertiary/aromatic N) is 3. The third kappa shape index (κ3) is 5.77. The molecule has 0 aromatic heterocycles. The van der Waals surface area contributed by atoms with Gasteiger partial charge in [-0.05, 0) is 62.4 Å². The van der Waals surface area contributed by atoms with Crippen LogP contribution >= 0.6 is 0 Å². The van der Waals surface area contributed by atoms with Crippen LogP contribution in [0.15, 0.2) is 83.8 Å². The minimum Gasteiger partial charge on any atom is -0.494 e. The van der Waals surface area contributed by atoms with E-state index in [-0.39, 0.29) is 17.3 Å². The standard InChI is InChI=1S/C27H31N3O4S/c1-3-34-25-13-11-24(12-14-25)30(35(32,33)26-15-9-22(2)10-16-26)21-27(31)29-19-17-28(18-20-29)23-7-5-4-6-8-23/h4-16H,3,17-21H2,1-2H3. The summed E-state index contributed by atoms with van der Waals surface area (Å²) in [6.07, 6.45) is 0. The minimum atomic E-state index is -3.95. The maximum Gasteiger partial charge on any atom is 0.264 e. The fourth-order valence-corrected chi connectivity index (χ4v) is 5.52. The summed E-state index contributed by atoms with van der Waals surface area (Å²) in [4.78, 5) is 17.4. The largest absolute Gasteiger partial charge is 0.494 e. The first-order valence-corrected chi connectivity index (χ1v) is 13.2. The van der Waals surface area contributed by atoms with Crippen molar-refractivity contribution < 1.29 is 17.9 Å². The van der Waals surface area contributed by atoms with Crippen molar-refractivity contribution in [2.75, 3.05) is 48.5 Å². The highest BCUT2D eigenvalue weighted by molar-refractivity contribution is 7.92. The van der Waals surface area contributed by atoms with Crippen LogP contribution in [0.25, 0.3) is 0 Å². The van der Waals surface area contributed by atoms with Crippen LogP contribution in [0.4, 0.5) is 11.4 Å². The summed E-state index contributed by atoms with van der Waals surface area (Å²) in [5.74, 6) is 0.426. The van der Waals surface area contributed by atoms with Crippen molar-refractivity contribution in [3.8, 4) is 5.75 Å². The third-order valence-corrected chi connectivity index (χ3v) is 7.87. The van der Waals surface area contributed by atoms with Crippen LogP contribution in [0.3, 0.4) is 0 Å². The summed E-state index contributed by atoms with van der Waals surface area (Å²) in [5.41, 5.74) is 2.51. The van der Waals surface area contributed by atoms with Crippen molar-refractivity contribution in [1.29, 1.82) is 0 Å². The van der Waals surface area contributed by atoms with E-state index in [2.05, 4.69) is 17.0 Å². The van der Waals surface area contributed by atoms with Crippen LogP contribution in [-0.2, 0) is 14.8 Å². The molecule has 1 amide bonds. The number of benzene rings is 3. The molecule has 0 N–H and O–H groups in total. The zero-order chi connectivity index (χ0) is 24.8. The second-order valence-electron chi connectivity index (χ2n) is 8.46. The lowest BCUT2D eigenvalue weighted by Crippen LogP contribution is -2.52. The lowest BCUT2D eigenvalue weighted by Gasteiger charge is -2.37. The number of anilines is 2. The minimum absolute atomic E-state index is 0.152. The lowest BCUT2D eigenvalue weighted by molar-refractivity contribution is -0.129. The Morgan fingerprint density at radius 2 is 1.51 bits per heavy atom. The maximum atomic E-state index is 13.6. The number of carbonyl (C=O) groups excluding carboxylic acids is 1. The molecule has 35 heavy (non-hydrogen) atoms. The second-order valence-corrected chi connectivity index (χ2v) is 10.3. The number of hydrogen-bond acceptors (Lipinski definition) is 5. The maximum absolute atomic E-state index is 13.6. The average Bonchev–Trinajstić information content (AvgIpc) is 2.89. The molecule has 1 fully saturated rings. The van der Waals surface area contributed by atoms with E-state index in [1.54, 1.807) is 53.4 Å². The predicted molar refractivity (Wildman–Crippen MR) is 139 cm³/mol. The van der Waals surface area contributed by atoms with Gasteiger partial charge in [0.1, 0.15) is 12.3 Å². The highest BCUT2D eigenvalue weighted by atomic mass is 32.2. The molecule has 7 nitrogen and oxygen atoms in total. The number of amides is 1. The number of rotatable bonds is 8. The number of carbonyl (C=O) groups is 1. The van der Waals surface area contributed by atoms with Gasteiger partial charge in [0.15, 0.2) is 0 Å². The van der Waals surface area contributed by atoms with Gasteiger partial charge in [-0.2, -0.15) is 0 Å². The van der Waals surface area contributed by atoms with E-state index >= 15 is 0 Å². The number of piperazine rings is 1. The van der Waals surface area contributed by atoms with Crippen LogP contribution < -0.4 is 13.9 Å². The van der Waals surface area contributed by atoms with Crippen molar-refractivity contribution in [3.63, 3.8) is 0 Å². The van der Waals surface area contributed by atoms with Gasteiger partial charge in [0.25, 0.3) is 10.0 Å². The molecule has 0 unspecified atom stereocenters. The van der Waals surface area contributed by atoms with Crippen LogP contribution in [0.2, 0.25) is 0 Å². The summed E-state index contributed by atoms with van der Waals surface area (Å²) < 4.78 is 33.9. The van der Waals surface area contributed by atoms with Crippen molar-refractivity contribution >= 4 is 27.3 Å². The Kier molecular flexibility index (Phi) is 7.60. The first-order chi connectivity index (χ1) is 16.9. The predicted octanol–water partition coefficient (Wildman–Crippen LogP) is 3.94. The molecule has 1 heterocycles. The van der Waals surface area contributed by atoms with Crippen molar-refractivity contribution in [2.45, 2.75) is 18.7 Å². The van der Waals surface area contributed by atoms with Gasteiger partial charge < -0.3 is 14.5 Å². The third-order valence-electron chi connectivity index (χ3n) is 6.08. The van der Waals surface area contributed by atoms with E-state index in [4.69, 9.17) is 4.74 Å². The molecule has 184 valence electrons. The Hall–Kier alpha value is -3.52. The molecule has 1 saturated heterocycles. The average molecular weight is 494 g/mol. The Morgan fingerprint density at radius 3 is 2.11 bits per heavy atom. The summed E-state index contributed by atoms with van der Waals surface area (Å²) in [6.45, 7) is 6.50. The van der Waals surface area contributed by atoms with Gasteiger partial charge >= 0.3 is 0 Å². The second kappa shape index (κ2) is 10.8. The van der Waals surface area contributed by atoms with E-state index in [1.807, 2.05) is 32.0 Å². The molecule has 1 aliphatic heterocycles. The summed E-state index contributed by atoms with van der Waals surface area (Å²) >= 11 is 0. The van der Waals surface area contributed by atoms with Crippen LogP contribution in [0.5, 0.6) is 5.75 Å². The molecule has 0 atom stereocenters. The number of para-hydroxylation sites is 1. The molecule has 8 heteroatoms. The Balaban J connectivity index is 1.54. The molecule has 3 aromatic carbocycles. The fourth-order valence-electron chi connectivity index (χ4n) is 4.10. The molecular weight excluding hydrogens is 462 g/mol. The molecule has 0 spiro atoms. The van der Waals surface area contributed by atoms with Gasteiger partial charge in [-0.15, -0.1) is 0 Å². The molecule has 0 saturated carbocycles. The molecule has 0 aliphatic carbocycles. The first kappa shape index (κ1) is 24.6. The number of hydrogen-bond donors (Lipinski definition) is 0. The zero-order valence-electron chi connectivity index (χ0n) is 20.1. The molecule has 1 aliphatic rings. The SMILES string of the molecule is CCOc1ccc(N(CC(=O)N2CCN(c3ccccc3)CC2)S(=O)(=O)c2ccc(C)cc2)cc1. The van der Waals surface area contributed by atoms with Crippen molar-refractivity contribution in [1.82, 2.24) is 4.90 Å². The van der Waals surface area contributed by atoms with Crippen LogP contribution in [0, 0.1) is 6.92 Å². The Bertz CT molecular complexity index is 1220. The molecular formula is C27H31N3O4S. The van der Waals surface area contributed by atoms with Gasteiger partial charge in [-0.3, -0.25) is 9.10 Å². The van der Waals surface area contributed by atoms with E-state index in [0.717, 1.165) is 11.3 Å². The van der Waals surface area contributed by atoms with E-state index < -0.39 is 10.0 Å². The number of aryl methyl sites for hydroxylation is 1. The van der Waals surface area contributed by atoms with Crippen molar-refractivity contribution in [3.05, 3.63) is 84.4 Å². The monoisotopic (exact) mass is 493 g/mol. The number of ether oxygens (including phenoxy) is 1. The summed E-state index contributed by atoms with van der Waals surface area (Å²) in [6, 6.07) is 23.6. The van der Waals surface area contributed by atoms with Gasteiger partial charge in [0.05, 0.1) is 17.2 Å².